The summed E-state index contributed by atoms with van der Waals surface area (Å²) in [6.07, 6.45) is -0.409. The number of fused-ring (bicyclic) bond motifs is 1. The molecule has 2 N–H and O–H groups in total. The number of hydrogen-bond acceptors (Lipinski definition) is 5. The Morgan fingerprint density at radius 1 is 0.707 bits per heavy atom. The number of aliphatic hydroxyl groups excluding tert-OH is 1. The van der Waals surface area contributed by atoms with Crippen LogP contribution in [-0.4, -0.2) is 45.5 Å². The van der Waals surface area contributed by atoms with Crippen LogP contribution in [0.2, 0.25) is 0 Å². The summed E-state index contributed by atoms with van der Waals surface area (Å²) in [5, 5.41) is 20.5. The lowest BCUT2D eigenvalue weighted by molar-refractivity contribution is -0.146. The van der Waals surface area contributed by atoms with Gasteiger partial charge in [0.05, 0.1) is 23.1 Å². The summed E-state index contributed by atoms with van der Waals surface area (Å²) in [6.45, 7) is 0.442. The highest BCUT2D eigenvalue weighted by Gasteiger charge is 2.36. The van der Waals surface area contributed by atoms with Crippen LogP contribution in [0.3, 0.4) is 0 Å². The Kier molecular flexibility index (Phi) is 8.56. The van der Waals surface area contributed by atoms with Crippen LogP contribution in [0, 0.1) is 5.92 Å². The molecule has 2 amide bonds. The van der Waals surface area contributed by atoms with Crippen molar-refractivity contribution < 1.29 is 29.3 Å². The smallest absolute Gasteiger partial charge is 0.309 e. The summed E-state index contributed by atoms with van der Waals surface area (Å²) in [6, 6.07) is 32.3. The Bertz CT molecular complexity index is 1480. The third kappa shape index (κ3) is 6.53. The van der Waals surface area contributed by atoms with Gasteiger partial charge in [0.2, 0.25) is 0 Å². The van der Waals surface area contributed by atoms with E-state index in [9.17, 15) is 24.6 Å². The Balaban J connectivity index is 1.12. The lowest BCUT2D eigenvalue weighted by Gasteiger charge is -2.22. The number of nitrogens with zero attached hydrogens (tertiary/aromatic N) is 1. The molecule has 2 unspecified atom stereocenters. The maximum absolute atomic E-state index is 12.6. The van der Waals surface area contributed by atoms with E-state index in [1.54, 1.807) is 24.3 Å². The summed E-state index contributed by atoms with van der Waals surface area (Å²) < 4.78 is 5.86. The first-order valence-electron chi connectivity index (χ1n) is 13.6. The zero-order valence-electron chi connectivity index (χ0n) is 22.5. The second-order valence-corrected chi connectivity index (χ2v) is 10.1. The molecule has 2 atom stereocenters. The maximum Gasteiger partial charge on any atom is 0.309 e. The quantitative estimate of drug-likeness (QED) is 0.223. The van der Waals surface area contributed by atoms with Crippen LogP contribution in [0.1, 0.15) is 44.7 Å². The fourth-order valence-electron chi connectivity index (χ4n) is 5.05. The van der Waals surface area contributed by atoms with Crippen LogP contribution >= 0.6 is 0 Å². The summed E-state index contributed by atoms with van der Waals surface area (Å²) in [5.74, 6) is -2.32. The number of amides is 2. The molecule has 208 valence electrons. The van der Waals surface area contributed by atoms with Gasteiger partial charge in [0.15, 0.2) is 0 Å². The number of imide groups is 1. The zero-order valence-corrected chi connectivity index (χ0v) is 22.5. The van der Waals surface area contributed by atoms with Crippen LogP contribution in [-0.2, 0) is 17.8 Å². The molecule has 1 heterocycles. The molecular formula is C34H31NO6. The van der Waals surface area contributed by atoms with E-state index in [2.05, 4.69) is 0 Å². The molecule has 41 heavy (non-hydrogen) atoms. The van der Waals surface area contributed by atoms with Gasteiger partial charge in [-0.3, -0.25) is 19.3 Å². The average molecular weight is 550 g/mol. The molecule has 7 nitrogen and oxygen atoms in total. The van der Waals surface area contributed by atoms with Gasteiger partial charge in [-0.1, -0.05) is 78.9 Å². The van der Waals surface area contributed by atoms with E-state index in [-0.39, 0.29) is 19.4 Å². The van der Waals surface area contributed by atoms with Crippen molar-refractivity contribution in [3.8, 4) is 16.9 Å². The number of aliphatic carboxylic acids is 1. The predicted octanol–water partition coefficient (Wildman–Crippen LogP) is 5.61. The van der Waals surface area contributed by atoms with Crippen LogP contribution in [0.5, 0.6) is 5.75 Å². The second kappa shape index (κ2) is 12.6. The number of carbonyl (C=O) groups excluding carboxylic acids is 2. The largest absolute Gasteiger partial charge is 0.489 e. The summed E-state index contributed by atoms with van der Waals surface area (Å²) in [7, 11) is 0. The highest BCUT2D eigenvalue weighted by atomic mass is 16.5. The molecule has 0 aromatic heterocycles. The fraction of sp³-hybridized carbons (Fsp3) is 0.206. The van der Waals surface area contributed by atoms with E-state index in [0.29, 0.717) is 24.2 Å². The van der Waals surface area contributed by atoms with Crippen molar-refractivity contribution in [2.45, 2.75) is 32.0 Å². The normalized spacial score (nSPS) is 14.0. The number of hydrogen-bond donors (Lipinski definition) is 2. The van der Waals surface area contributed by atoms with Crippen molar-refractivity contribution in [1.29, 1.82) is 0 Å². The van der Waals surface area contributed by atoms with Crippen molar-refractivity contribution in [3.63, 3.8) is 0 Å². The van der Waals surface area contributed by atoms with Gasteiger partial charge in [-0.25, -0.2) is 0 Å². The third-order valence-electron chi connectivity index (χ3n) is 7.44. The second-order valence-electron chi connectivity index (χ2n) is 10.1. The molecule has 0 bridgehead atoms. The van der Waals surface area contributed by atoms with Gasteiger partial charge in [-0.05, 0) is 65.8 Å². The topological polar surface area (TPSA) is 104 Å². The highest BCUT2D eigenvalue weighted by Crippen LogP contribution is 2.26. The molecule has 1 aliphatic rings. The molecule has 0 aliphatic carbocycles. The van der Waals surface area contributed by atoms with Crippen molar-refractivity contribution in [3.05, 3.63) is 125 Å². The minimum atomic E-state index is -1.15. The number of ether oxygens (including phenoxy) is 1. The number of aliphatic hydroxyl groups is 1. The first-order valence-corrected chi connectivity index (χ1v) is 13.6. The Hall–Kier alpha value is -4.75. The van der Waals surface area contributed by atoms with Gasteiger partial charge in [-0.15, -0.1) is 0 Å². The maximum atomic E-state index is 12.6. The Morgan fingerprint density at radius 2 is 1.27 bits per heavy atom. The van der Waals surface area contributed by atoms with Gasteiger partial charge in [0.25, 0.3) is 11.8 Å². The van der Waals surface area contributed by atoms with Crippen molar-refractivity contribution in [2.75, 3.05) is 6.54 Å². The summed E-state index contributed by atoms with van der Waals surface area (Å²) in [4.78, 5) is 38.2. The molecule has 4 aromatic rings. The van der Waals surface area contributed by atoms with Crippen LogP contribution in [0.15, 0.2) is 103 Å². The molecule has 4 aromatic carbocycles. The van der Waals surface area contributed by atoms with Crippen molar-refractivity contribution in [1.82, 2.24) is 4.90 Å². The molecule has 7 heteroatoms. The molecule has 1 aliphatic heterocycles. The van der Waals surface area contributed by atoms with Crippen LogP contribution in [0.25, 0.3) is 11.1 Å². The third-order valence-corrected chi connectivity index (χ3v) is 7.44. The number of benzene rings is 4. The molecule has 0 spiro atoms. The lowest BCUT2D eigenvalue weighted by Crippen LogP contribution is -2.36. The Morgan fingerprint density at radius 3 is 1.85 bits per heavy atom. The van der Waals surface area contributed by atoms with E-state index >= 15 is 0 Å². The van der Waals surface area contributed by atoms with E-state index in [1.165, 1.54) is 0 Å². The van der Waals surface area contributed by atoms with E-state index in [0.717, 1.165) is 32.9 Å². The summed E-state index contributed by atoms with van der Waals surface area (Å²) in [5.41, 5.74) is 4.80. The van der Waals surface area contributed by atoms with E-state index in [4.69, 9.17) is 4.74 Å². The number of carboxylic acid groups (broad SMARTS) is 1. The van der Waals surface area contributed by atoms with Gasteiger partial charge >= 0.3 is 5.97 Å². The SMILES string of the molecule is O=C(O)C(CCN1C(=O)c2ccccc2C1=O)C(O)CCc1ccc(-c2ccc(OCc3ccccc3)cc2)cc1. The molecule has 0 saturated carbocycles. The van der Waals surface area contributed by atoms with Crippen molar-refractivity contribution >= 4 is 17.8 Å². The Labute approximate surface area is 238 Å². The number of rotatable bonds is 12. The standard InChI is InChI=1S/C34H31NO6/c36-31(30(34(39)40)20-21-35-32(37)28-8-4-5-9-29(28)33(35)38)19-12-23-10-13-25(14-11-23)26-15-17-27(18-16-26)41-22-24-6-2-1-3-7-24/h1-11,13-18,30-31,36H,12,19-22H2,(H,39,40). The van der Waals surface area contributed by atoms with Crippen LogP contribution in [0.4, 0.5) is 0 Å². The van der Waals surface area contributed by atoms with Gasteiger partial charge in [0, 0.05) is 6.54 Å². The minimum Gasteiger partial charge on any atom is -0.489 e. The zero-order chi connectivity index (χ0) is 28.8. The first kappa shape index (κ1) is 27.8. The number of carboxylic acids is 1. The van der Waals surface area contributed by atoms with Gasteiger partial charge < -0.3 is 14.9 Å². The molecule has 5 rings (SSSR count). The molecule has 0 fully saturated rings. The van der Waals surface area contributed by atoms with E-state index < -0.39 is 29.8 Å². The molecule has 0 saturated heterocycles. The van der Waals surface area contributed by atoms with Gasteiger partial charge in [-0.2, -0.15) is 0 Å². The number of carbonyl (C=O) groups is 3. The highest BCUT2D eigenvalue weighted by molar-refractivity contribution is 6.21. The average Bonchev–Trinajstić information content (AvgIpc) is 3.25. The van der Waals surface area contributed by atoms with Crippen molar-refractivity contribution in [2.24, 2.45) is 5.92 Å². The van der Waals surface area contributed by atoms with Gasteiger partial charge in [0.1, 0.15) is 12.4 Å². The summed E-state index contributed by atoms with van der Waals surface area (Å²) >= 11 is 0. The minimum absolute atomic E-state index is 0.0219. The lowest BCUT2D eigenvalue weighted by atomic mass is 9.93. The van der Waals surface area contributed by atoms with E-state index in [1.807, 2.05) is 78.9 Å². The fourth-order valence-corrected chi connectivity index (χ4v) is 5.05. The predicted molar refractivity (Wildman–Crippen MR) is 155 cm³/mol. The molecular weight excluding hydrogens is 518 g/mol. The first-order chi connectivity index (χ1) is 19.9. The molecule has 0 radical (unpaired) electrons. The van der Waals surface area contributed by atoms with Crippen LogP contribution < -0.4 is 4.74 Å². The monoisotopic (exact) mass is 549 g/mol. The number of aryl methyl sites for hydroxylation is 1.